The molecule has 0 aliphatic heterocycles. The van der Waals surface area contributed by atoms with Gasteiger partial charge in [0.1, 0.15) is 10.8 Å². The van der Waals surface area contributed by atoms with Gasteiger partial charge in [0, 0.05) is 11.9 Å². The SMILES string of the molecule is CCOC(=O)c1c(NC(=O)[C@H](C)Sc2nnc(CNC(=O)c3ccccc3F)n2C)sc2c1CCCC2. The minimum atomic E-state index is -0.605. The Morgan fingerprint density at radius 2 is 1.97 bits per heavy atom. The molecule has 0 saturated heterocycles. The number of anilines is 1. The Balaban J connectivity index is 1.40. The molecule has 12 heteroatoms. The second kappa shape index (κ2) is 11.9. The zero-order valence-corrected chi connectivity index (χ0v) is 22.4. The summed E-state index contributed by atoms with van der Waals surface area (Å²) in [4.78, 5) is 39.1. The fourth-order valence-electron chi connectivity index (χ4n) is 4.00. The zero-order chi connectivity index (χ0) is 26.5. The number of thioether (sulfide) groups is 1. The molecule has 0 bridgehead atoms. The van der Waals surface area contributed by atoms with E-state index in [9.17, 15) is 18.8 Å². The third-order valence-corrected chi connectivity index (χ3v) is 8.33. The smallest absolute Gasteiger partial charge is 0.341 e. The van der Waals surface area contributed by atoms with E-state index in [4.69, 9.17) is 4.74 Å². The number of benzene rings is 1. The summed E-state index contributed by atoms with van der Waals surface area (Å²) in [6, 6.07) is 5.72. The molecule has 9 nitrogen and oxygen atoms in total. The number of amides is 2. The molecule has 1 aliphatic carbocycles. The molecule has 2 heterocycles. The van der Waals surface area contributed by atoms with E-state index >= 15 is 0 Å². The summed E-state index contributed by atoms with van der Waals surface area (Å²) in [6.07, 6.45) is 3.76. The van der Waals surface area contributed by atoms with Crippen LogP contribution in [-0.2, 0) is 36.0 Å². The van der Waals surface area contributed by atoms with Gasteiger partial charge in [0.15, 0.2) is 11.0 Å². The average molecular weight is 546 g/mol. The van der Waals surface area contributed by atoms with E-state index in [1.807, 2.05) is 0 Å². The molecule has 0 spiro atoms. The van der Waals surface area contributed by atoms with Crippen molar-refractivity contribution in [1.29, 1.82) is 0 Å². The van der Waals surface area contributed by atoms with Gasteiger partial charge in [0.2, 0.25) is 5.91 Å². The van der Waals surface area contributed by atoms with Gasteiger partial charge in [0.05, 0.1) is 29.5 Å². The summed E-state index contributed by atoms with van der Waals surface area (Å²) in [5, 5.41) is 14.3. The van der Waals surface area contributed by atoms with Crippen LogP contribution >= 0.6 is 23.1 Å². The van der Waals surface area contributed by atoms with Gasteiger partial charge < -0.3 is 19.9 Å². The highest BCUT2D eigenvalue weighted by Crippen LogP contribution is 2.39. The van der Waals surface area contributed by atoms with Crippen molar-refractivity contribution in [3.05, 3.63) is 57.5 Å². The molecule has 2 amide bonds. The largest absolute Gasteiger partial charge is 0.462 e. The molecule has 0 saturated carbocycles. The lowest BCUT2D eigenvalue weighted by molar-refractivity contribution is -0.115. The van der Waals surface area contributed by atoms with Crippen molar-refractivity contribution in [2.24, 2.45) is 7.05 Å². The van der Waals surface area contributed by atoms with Crippen molar-refractivity contribution in [1.82, 2.24) is 20.1 Å². The minimum absolute atomic E-state index is 0.0431. The standard InChI is InChI=1S/C25H28FN5O4S2/c1-4-35-24(34)20-16-10-6-8-12-18(16)37-23(20)28-21(32)14(2)36-25-30-29-19(31(25)3)13-27-22(33)15-9-5-7-11-17(15)26/h5,7,9,11,14H,4,6,8,10,12-13H2,1-3H3,(H,27,33)(H,28,32)/t14-/m0/s1. The third-order valence-electron chi connectivity index (χ3n) is 5.99. The van der Waals surface area contributed by atoms with Crippen molar-refractivity contribution in [3.63, 3.8) is 0 Å². The minimum Gasteiger partial charge on any atom is -0.462 e. The van der Waals surface area contributed by atoms with Gasteiger partial charge in [-0.25, -0.2) is 9.18 Å². The first-order valence-electron chi connectivity index (χ1n) is 12.0. The van der Waals surface area contributed by atoms with Gasteiger partial charge in [-0.15, -0.1) is 21.5 Å². The van der Waals surface area contributed by atoms with Gasteiger partial charge >= 0.3 is 5.97 Å². The number of thiophene rings is 1. The lowest BCUT2D eigenvalue weighted by atomic mass is 9.95. The van der Waals surface area contributed by atoms with Crippen molar-refractivity contribution >= 4 is 45.9 Å². The van der Waals surface area contributed by atoms with Crippen LogP contribution in [0.5, 0.6) is 0 Å². The molecule has 1 aromatic carbocycles. The summed E-state index contributed by atoms with van der Waals surface area (Å²) in [7, 11) is 1.73. The highest BCUT2D eigenvalue weighted by Gasteiger charge is 2.28. The Morgan fingerprint density at radius 1 is 1.22 bits per heavy atom. The Kier molecular flexibility index (Phi) is 8.59. The quantitative estimate of drug-likeness (QED) is 0.307. The number of esters is 1. The molecular formula is C25H28FN5O4S2. The van der Waals surface area contributed by atoms with E-state index < -0.39 is 22.9 Å². The lowest BCUT2D eigenvalue weighted by Gasteiger charge is -2.13. The highest BCUT2D eigenvalue weighted by molar-refractivity contribution is 8.00. The molecule has 1 aliphatic rings. The number of aryl methyl sites for hydroxylation is 1. The van der Waals surface area contributed by atoms with Crippen LogP contribution in [0.25, 0.3) is 0 Å². The number of ether oxygens (including phenoxy) is 1. The second-order valence-corrected chi connectivity index (χ2v) is 10.9. The molecule has 0 fully saturated rings. The van der Waals surface area contributed by atoms with Crippen LogP contribution in [0, 0.1) is 5.82 Å². The van der Waals surface area contributed by atoms with Crippen LogP contribution in [0.2, 0.25) is 0 Å². The van der Waals surface area contributed by atoms with Gasteiger partial charge in [-0.3, -0.25) is 9.59 Å². The molecule has 0 radical (unpaired) electrons. The van der Waals surface area contributed by atoms with Crippen LogP contribution < -0.4 is 10.6 Å². The third kappa shape index (κ3) is 6.02. The molecule has 37 heavy (non-hydrogen) atoms. The zero-order valence-electron chi connectivity index (χ0n) is 20.8. The normalized spacial score (nSPS) is 13.5. The average Bonchev–Trinajstić information content (AvgIpc) is 3.42. The monoisotopic (exact) mass is 545 g/mol. The predicted molar refractivity (Wildman–Crippen MR) is 139 cm³/mol. The van der Waals surface area contributed by atoms with E-state index in [1.54, 1.807) is 31.5 Å². The van der Waals surface area contributed by atoms with Gasteiger partial charge in [-0.2, -0.15) is 0 Å². The van der Waals surface area contributed by atoms with Crippen molar-refractivity contribution in [3.8, 4) is 0 Å². The fraction of sp³-hybridized carbons (Fsp3) is 0.400. The maximum atomic E-state index is 13.8. The van der Waals surface area contributed by atoms with Crippen LogP contribution in [0.1, 0.15) is 63.7 Å². The molecule has 4 rings (SSSR count). The molecule has 3 aromatic rings. The van der Waals surface area contributed by atoms with Crippen LogP contribution in [0.4, 0.5) is 9.39 Å². The van der Waals surface area contributed by atoms with Gasteiger partial charge in [-0.05, 0) is 57.2 Å². The molecular weight excluding hydrogens is 517 g/mol. The molecule has 2 aromatic heterocycles. The van der Waals surface area contributed by atoms with Crippen LogP contribution in [0.15, 0.2) is 29.4 Å². The predicted octanol–water partition coefficient (Wildman–Crippen LogP) is 4.12. The molecule has 2 N–H and O–H groups in total. The van der Waals surface area contributed by atoms with Crippen molar-refractivity contribution in [2.75, 3.05) is 11.9 Å². The summed E-state index contributed by atoms with van der Waals surface area (Å²) in [6.45, 7) is 3.81. The van der Waals surface area contributed by atoms with Crippen molar-refractivity contribution < 1.29 is 23.5 Å². The van der Waals surface area contributed by atoms with E-state index in [1.165, 1.54) is 41.3 Å². The number of hydrogen-bond acceptors (Lipinski definition) is 8. The number of carbonyl (C=O) groups is 3. The van der Waals surface area contributed by atoms with E-state index in [2.05, 4.69) is 20.8 Å². The second-order valence-electron chi connectivity index (χ2n) is 8.51. The number of nitrogens with zero attached hydrogens (tertiary/aromatic N) is 3. The number of rotatable bonds is 9. The first kappa shape index (κ1) is 26.8. The number of hydrogen-bond donors (Lipinski definition) is 2. The summed E-state index contributed by atoms with van der Waals surface area (Å²) < 4.78 is 20.8. The Hall–Kier alpha value is -3.25. The number of carbonyl (C=O) groups excluding carboxylic acids is 3. The number of fused-ring (bicyclic) bond motifs is 1. The van der Waals surface area contributed by atoms with Gasteiger partial charge in [-0.1, -0.05) is 23.9 Å². The topological polar surface area (TPSA) is 115 Å². The maximum Gasteiger partial charge on any atom is 0.341 e. The fourth-order valence-corrected chi connectivity index (χ4v) is 6.11. The van der Waals surface area contributed by atoms with E-state index in [0.717, 1.165) is 36.1 Å². The number of aromatic nitrogens is 3. The maximum absolute atomic E-state index is 13.8. The molecule has 196 valence electrons. The Morgan fingerprint density at radius 3 is 2.73 bits per heavy atom. The van der Waals surface area contributed by atoms with Crippen LogP contribution in [0.3, 0.4) is 0 Å². The van der Waals surface area contributed by atoms with E-state index in [0.29, 0.717) is 21.5 Å². The highest BCUT2D eigenvalue weighted by atomic mass is 32.2. The molecule has 0 unspecified atom stereocenters. The summed E-state index contributed by atoms with van der Waals surface area (Å²) in [5.74, 6) is -1.39. The Labute approximate surface area is 222 Å². The van der Waals surface area contributed by atoms with E-state index in [-0.39, 0.29) is 24.6 Å². The molecule has 1 atom stereocenters. The Bertz CT molecular complexity index is 1320. The number of halogens is 1. The van der Waals surface area contributed by atoms with Crippen molar-refractivity contribution in [2.45, 2.75) is 56.5 Å². The van der Waals surface area contributed by atoms with Gasteiger partial charge in [0.25, 0.3) is 5.91 Å². The lowest BCUT2D eigenvalue weighted by Crippen LogP contribution is -2.25. The number of nitrogens with one attached hydrogen (secondary N) is 2. The summed E-state index contributed by atoms with van der Waals surface area (Å²) in [5.41, 5.74) is 1.40. The first-order chi connectivity index (χ1) is 17.8. The van der Waals surface area contributed by atoms with Crippen LogP contribution in [-0.4, -0.2) is 44.4 Å². The summed E-state index contributed by atoms with van der Waals surface area (Å²) >= 11 is 2.65. The first-order valence-corrected chi connectivity index (χ1v) is 13.7.